The quantitative estimate of drug-likeness (QED) is 0.784. The lowest BCUT2D eigenvalue weighted by Crippen LogP contribution is -2.36. The zero-order chi connectivity index (χ0) is 14.9. The predicted molar refractivity (Wildman–Crippen MR) is 85.3 cm³/mol. The summed E-state index contributed by atoms with van der Waals surface area (Å²) in [6.45, 7) is 2.68. The maximum absolute atomic E-state index is 12.4. The van der Waals surface area contributed by atoms with E-state index in [0.717, 1.165) is 37.4 Å². The van der Waals surface area contributed by atoms with E-state index >= 15 is 0 Å². The molecular weight excluding hydrogens is 306 g/mol. The molecule has 1 aliphatic carbocycles. The van der Waals surface area contributed by atoms with Crippen LogP contribution in [0.5, 0.6) is 0 Å². The molecule has 0 amide bonds. The van der Waals surface area contributed by atoms with Gasteiger partial charge in [0.2, 0.25) is 10.0 Å². The third-order valence-electron chi connectivity index (χ3n) is 4.00. The monoisotopic (exact) mass is 329 g/mol. The van der Waals surface area contributed by atoms with Crippen molar-refractivity contribution in [1.29, 1.82) is 0 Å². The Morgan fingerprint density at radius 2 is 2.10 bits per heavy atom. The summed E-state index contributed by atoms with van der Waals surface area (Å²) in [5.74, 6) is 0. The minimum absolute atomic E-state index is 0.0436. The fourth-order valence-electron chi connectivity index (χ4n) is 2.63. The highest BCUT2D eigenvalue weighted by Gasteiger charge is 2.26. The lowest BCUT2D eigenvalue weighted by atomic mass is 10.3. The van der Waals surface area contributed by atoms with Gasteiger partial charge in [0, 0.05) is 30.1 Å². The van der Waals surface area contributed by atoms with Crippen LogP contribution in [0.4, 0.5) is 0 Å². The van der Waals surface area contributed by atoms with E-state index in [1.165, 1.54) is 24.2 Å². The Morgan fingerprint density at radius 3 is 2.76 bits per heavy atom. The number of hydrogen-bond acceptors (Lipinski definition) is 5. The van der Waals surface area contributed by atoms with Gasteiger partial charge in [-0.25, -0.2) is 13.1 Å². The van der Waals surface area contributed by atoms with Gasteiger partial charge in [-0.3, -0.25) is 0 Å². The summed E-state index contributed by atoms with van der Waals surface area (Å²) in [6.07, 6.45) is 4.36. The Morgan fingerprint density at radius 1 is 1.29 bits per heavy atom. The summed E-state index contributed by atoms with van der Waals surface area (Å²) < 4.78 is 28.0. The van der Waals surface area contributed by atoms with Gasteiger partial charge in [0.25, 0.3) is 0 Å². The minimum Gasteiger partial charge on any atom is -0.314 e. The number of likely N-dealkylation sites (tertiary alicyclic amines) is 1. The number of nitrogens with one attached hydrogen (secondary N) is 2. The van der Waals surface area contributed by atoms with Gasteiger partial charge in [-0.1, -0.05) is 0 Å². The molecule has 2 fully saturated rings. The highest BCUT2D eigenvalue weighted by Crippen LogP contribution is 2.23. The third-order valence-corrected chi connectivity index (χ3v) is 7.15. The summed E-state index contributed by atoms with van der Waals surface area (Å²) in [5.41, 5.74) is 0. The molecule has 2 heterocycles. The van der Waals surface area contributed by atoms with Gasteiger partial charge < -0.3 is 10.2 Å². The number of rotatable bonds is 7. The second kappa shape index (κ2) is 6.34. The molecule has 2 N–H and O–H groups in total. The van der Waals surface area contributed by atoms with E-state index in [-0.39, 0.29) is 6.04 Å². The summed E-state index contributed by atoms with van der Waals surface area (Å²) in [4.78, 5) is 3.28. The Kier molecular flexibility index (Phi) is 4.66. The average molecular weight is 329 g/mol. The van der Waals surface area contributed by atoms with E-state index in [1.807, 2.05) is 13.1 Å². The molecule has 118 valence electrons. The van der Waals surface area contributed by atoms with Crippen LogP contribution < -0.4 is 10.0 Å². The Balaban J connectivity index is 1.55. The van der Waals surface area contributed by atoms with E-state index in [9.17, 15) is 8.42 Å². The van der Waals surface area contributed by atoms with Crippen molar-refractivity contribution in [2.45, 2.75) is 42.0 Å². The molecule has 5 nitrogen and oxygen atoms in total. The van der Waals surface area contributed by atoms with Crippen molar-refractivity contribution in [1.82, 2.24) is 14.9 Å². The molecule has 1 saturated carbocycles. The first-order valence-corrected chi connectivity index (χ1v) is 9.86. The first-order valence-electron chi connectivity index (χ1n) is 7.56. The van der Waals surface area contributed by atoms with Crippen molar-refractivity contribution in [2.24, 2.45) is 0 Å². The largest absolute Gasteiger partial charge is 0.314 e. The molecule has 0 spiro atoms. The molecular formula is C14H23N3O2S2. The molecule has 3 rings (SSSR count). The molecule has 1 atom stereocenters. The van der Waals surface area contributed by atoms with Crippen LogP contribution in [0.3, 0.4) is 0 Å². The highest BCUT2D eigenvalue weighted by atomic mass is 32.2. The Bertz CT molecular complexity index is 581. The fourth-order valence-corrected chi connectivity index (χ4v) is 5.27. The number of hydrogen-bond donors (Lipinski definition) is 2. The first kappa shape index (κ1) is 15.4. The van der Waals surface area contributed by atoms with E-state index in [1.54, 1.807) is 6.07 Å². The molecule has 0 aromatic carbocycles. The van der Waals surface area contributed by atoms with Crippen molar-refractivity contribution >= 4 is 21.4 Å². The van der Waals surface area contributed by atoms with Crippen molar-refractivity contribution in [2.75, 3.05) is 26.7 Å². The van der Waals surface area contributed by atoms with Gasteiger partial charge in [0.1, 0.15) is 4.21 Å². The van der Waals surface area contributed by atoms with Gasteiger partial charge in [-0.2, -0.15) is 0 Å². The van der Waals surface area contributed by atoms with Crippen LogP contribution in [0.25, 0.3) is 0 Å². The zero-order valence-corrected chi connectivity index (χ0v) is 14.0. The molecule has 1 aromatic heterocycles. The topological polar surface area (TPSA) is 61.4 Å². The molecule has 1 unspecified atom stereocenters. The molecule has 0 bridgehead atoms. The van der Waals surface area contributed by atoms with Crippen LogP contribution in [0.2, 0.25) is 0 Å². The number of sulfonamides is 1. The number of nitrogens with zero attached hydrogens (tertiary/aromatic N) is 1. The SMILES string of the molecule is CN1CCC(NS(=O)(=O)c2ccc(CCNC3CC3)s2)C1. The molecule has 1 saturated heterocycles. The van der Waals surface area contributed by atoms with Gasteiger partial charge in [0.05, 0.1) is 0 Å². The van der Waals surface area contributed by atoms with Crippen LogP contribution >= 0.6 is 11.3 Å². The maximum atomic E-state index is 12.4. The molecule has 1 aromatic rings. The average Bonchev–Trinajstić information content (AvgIpc) is 2.94. The second-order valence-electron chi connectivity index (χ2n) is 6.07. The zero-order valence-electron chi connectivity index (χ0n) is 12.3. The number of thiophene rings is 1. The summed E-state index contributed by atoms with van der Waals surface area (Å²) in [7, 11) is -1.34. The molecule has 7 heteroatoms. The maximum Gasteiger partial charge on any atom is 0.250 e. The van der Waals surface area contributed by atoms with Gasteiger partial charge in [-0.15, -0.1) is 11.3 Å². The smallest absolute Gasteiger partial charge is 0.250 e. The highest BCUT2D eigenvalue weighted by molar-refractivity contribution is 7.91. The third kappa shape index (κ3) is 4.26. The number of likely N-dealkylation sites (N-methyl/N-ethyl adjacent to an activating group) is 1. The van der Waals surface area contributed by atoms with E-state index < -0.39 is 10.0 Å². The van der Waals surface area contributed by atoms with Gasteiger partial charge in [0.15, 0.2) is 0 Å². The van der Waals surface area contributed by atoms with Gasteiger partial charge in [-0.05, 0) is 51.4 Å². The van der Waals surface area contributed by atoms with Crippen molar-refractivity contribution in [3.63, 3.8) is 0 Å². The van der Waals surface area contributed by atoms with Crippen LogP contribution in [0, 0.1) is 0 Å². The van der Waals surface area contributed by atoms with E-state index in [4.69, 9.17) is 0 Å². The van der Waals surface area contributed by atoms with Crippen molar-refractivity contribution < 1.29 is 8.42 Å². The van der Waals surface area contributed by atoms with Crippen LogP contribution in [0.15, 0.2) is 16.3 Å². The molecule has 2 aliphatic rings. The molecule has 21 heavy (non-hydrogen) atoms. The fraction of sp³-hybridized carbons (Fsp3) is 0.714. The Hall–Kier alpha value is -0.470. The van der Waals surface area contributed by atoms with Crippen molar-refractivity contribution in [3.05, 3.63) is 17.0 Å². The summed E-state index contributed by atoms with van der Waals surface area (Å²) >= 11 is 1.39. The van der Waals surface area contributed by atoms with Crippen molar-refractivity contribution in [3.8, 4) is 0 Å². The lowest BCUT2D eigenvalue weighted by Gasteiger charge is -2.12. The van der Waals surface area contributed by atoms with Crippen LogP contribution in [-0.2, 0) is 16.4 Å². The second-order valence-corrected chi connectivity index (χ2v) is 9.18. The van der Waals surface area contributed by atoms with Gasteiger partial charge >= 0.3 is 0 Å². The summed E-state index contributed by atoms with van der Waals surface area (Å²) in [6, 6.07) is 4.42. The van der Waals surface area contributed by atoms with Crippen LogP contribution in [-0.4, -0.2) is 52.1 Å². The predicted octanol–water partition coefficient (Wildman–Crippen LogP) is 1.02. The molecule has 1 aliphatic heterocycles. The summed E-state index contributed by atoms with van der Waals surface area (Å²) in [5, 5.41) is 3.45. The molecule has 0 radical (unpaired) electrons. The minimum atomic E-state index is -3.35. The van der Waals surface area contributed by atoms with E-state index in [2.05, 4.69) is 14.9 Å². The standard InChI is InChI=1S/C14H23N3O2S2/c1-17-9-7-12(10-17)16-21(18,19)14-5-4-13(20-14)6-8-15-11-2-3-11/h4-5,11-12,15-16H,2-3,6-10H2,1H3. The lowest BCUT2D eigenvalue weighted by molar-refractivity contribution is 0.407. The normalized spacial score (nSPS) is 23.8. The Labute approximate surface area is 130 Å². The van der Waals surface area contributed by atoms with Crippen LogP contribution in [0.1, 0.15) is 24.1 Å². The van der Waals surface area contributed by atoms with E-state index in [0.29, 0.717) is 10.3 Å². The first-order chi connectivity index (χ1) is 10.0.